The highest BCUT2D eigenvalue weighted by Gasteiger charge is 2.25. The first-order valence-electron chi connectivity index (χ1n) is 6.53. The molecule has 0 fully saturated rings. The molecule has 0 unspecified atom stereocenters. The van der Waals surface area contributed by atoms with Crippen LogP contribution in [0.4, 0.5) is 0 Å². The molecule has 0 saturated carbocycles. The summed E-state index contributed by atoms with van der Waals surface area (Å²) < 4.78 is 28.1. The Morgan fingerprint density at radius 1 is 1.14 bits per heavy atom. The van der Waals surface area contributed by atoms with Crippen LogP contribution in [-0.4, -0.2) is 25.8 Å². The van der Waals surface area contributed by atoms with E-state index in [-0.39, 0.29) is 12.4 Å². The fourth-order valence-electron chi connectivity index (χ4n) is 1.90. The van der Waals surface area contributed by atoms with Crippen molar-refractivity contribution in [2.45, 2.75) is 17.2 Å². The second-order valence-electron chi connectivity index (χ2n) is 4.52. The summed E-state index contributed by atoms with van der Waals surface area (Å²) >= 11 is 4.53. The maximum atomic E-state index is 12.7. The Morgan fingerprint density at radius 2 is 1.82 bits per heavy atom. The summed E-state index contributed by atoms with van der Waals surface area (Å²) in [5.41, 5.74) is 6.50. The molecule has 4 nitrogen and oxygen atoms in total. The molecule has 1 aromatic heterocycles. The van der Waals surface area contributed by atoms with Crippen molar-refractivity contribution in [3.8, 4) is 0 Å². The zero-order valence-corrected chi connectivity index (χ0v) is 15.8. The summed E-state index contributed by atoms with van der Waals surface area (Å²) in [5.74, 6) is 0. The van der Waals surface area contributed by atoms with Gasteiger partial charge < -0.3 is 5.73 Å². The van der Waals surface area contributed by atoms with Crippen molar-refractivity contribution in [1.82, 2.24) is 4.31 Å². The van der Waals surface area contributed by atoms with Crippen LogP contribution >= 0.6 is 39.7 Å². The lowest BCUT2D eigenvalue weighted by Gasteiger charge is -2.21. The minimum absolute atomic E-state index is 0. The summed E-state index contributed by atoms with van der Waals surface area (Å²) in [6.07, 6.45) is 0.638. The van der Waals surface area contributed by atoms with Gasteiger partial charge >= 0.3 is 0 Å². The lowest BCUT2D eigenvalue weighted by molar-refractivity contribution is 0.403. The zero-order chi connectivity index (χ0) is 15.3. The maximum absolute atomic E-state index is 12.7. The molecule has 0 aliphatic carbocycles. The Balaban J connectivity index is 0.00000242. The van der Waals surface area contributed by atoms with Crippen molar-refractivity contribution in [1.29, 1.82) is 0 Å². The van der Waals surface area contributed by atoms with Gasteiger partial charge in [0.15, 0.2) is 0 Å². The van der Waals surface area contributed by atoms with Crippen LogP contribution in [0, 0.1) is 0 Å². The van der Waals surface area contributed by atoms with Crippen molar-refractivity contribution < 1.29 is 8.42 Å². The molecule has 0 amide bonds. The Morgan fingerprint density at radius 3 is 2.36 bits per heavy atom. The first-order valence-corrected chi connectivity index (χ1v) is 9.58. The molecule has 0 saturated heterocycles. The molecule has 2 aromatic rings. The van der Waals surface area contributed by atoms with Crippen LogP contribution in [0.5, 0.6) is 0 Å². The Labute approximate surface area is 149 Å². The van der Waals surface area contributed by atoms with Crippen LogP contribution in [0.3, 0.4) is 0 Å². The van der Waals surface area contributed by atoms with Crippen LogP contribution in [0.25, 0.3) is 0 Å². The van der Waals surface area contributed by atoms with E-state index < -0.39 is 10.0 Å². The van der Waals surface area contributed by atoms with E-state index in [0.29, 0.717) is 30.3 Å². The van der Waals surface area contributed by atoms with Gasteiger partial charge in [-0.1, -0.05) is 30.3 Å². The van der Waals surface area contributed by atoms with Gasteiger partial charge in [-0.3, -0.25) is 0 Å². The minimum Gasteiger partial charge on any atom is -0.330 e. The molecule has 1 heterocycles. The Bertz CT molecular complexity index is 677. The summed E-state index contributed by atoms with van der Waals surface area (Å²) in [7, 11) is -3.48. The molecule has 0 radical (unpaired) electrons. The van der Waals surface area contributed by atoms with E-state index in [4.69, 9.17) is 5.73 Å². The van der Waals surface area contributed by atoms with Gasteiger partial charge in [-0.2, -0.15) is 4.31 Å². The van der Waals surface area contributed by atoms with E-state index in [1.165, 1.54) is 15.6 Å². The number of rotatable bonds is 7. The molecule has 1 aromatic carbocycles. The number of benzene rings is 1. The van der Waals surface area contributed by atoms with E-state index >= 15 is 0 Å². The molecule has 0 aliphatic heterocycles. The van der Waals surface area contributed by atoms with Crippen molar-refractivity contribution in [3.05, 3.63) is 51.8 Å². The average Bonchev–Trinajstić information content (AvgIpc) is 2.92. The first-order chi connectivity index (χ1) is 10.0. The summed E-state index contributed by atoms with van der Waals surface area (Å²) in [6.45, 7) is 1.25. The van der Waals surface area contributed by atoms with Gasteiger partial charge in [0.2, 0.25) is 0 Å². The van der Waals surface area contributed by atoms with Crippen LogP contribution in [-0.2, 0) is 16.6 Å². The molecule has 0 atom stereocenters. The summed E-state index contributed by atoms with van der Waals surface area (Å²) in [6, 6.07) is 13.0. The molecule has 0 bridgehead atoms. The second-order valence-corrected chi connectivity index (χ2v) is 9.15. The molecule has 8 heteroatoms. The van der Waals surface area contributed by atoms with Crippen molar-refractivity contribution >= 4 is 49.7 Å². The highest BCUT2D eigenvalue weighted by atomic mass is 79.9. The maximum Gasteiger partial charge on any atom is 0.252 e. The third-order valence-corrected chi connectivity index (χ3v) is 6.89. The lowest BCUT2D eigenvalue weighted by atomic mass is 10.2. The minimum atomic E-state index is -3.48. The highest BCUT2D eigenvalue weighted by molar-refractivity contribution is 9.11. The average molecular weight is 426 g/mol. The standard InChI is InChI=1S/C14H17BrN2O2S2.ClH/c15-13-7-8-14(20-13)21(18,19)17(10-4-9-16)11-12-5-2-1-3-6-12;/h1-3,5-8H,4,9-11,16H2;1H. The van der Waals surface area contributed by atoms with Gasteiger partial charge in [-0.15, -0.1) is 23.7 Å². The second kappa shape index (κ2) is 9.00. The van der Waals surface area contributed by atoms with Crippen molar-refractivity contribution in [2.24, 2.45) is 5.73 Å². The van der Waals surface area contributed by atoms with E-state index in [2.05, 4.69) is 15.9 Å². The molecule has 22 heavy (non-hydrogen) atoms. The number of thiophene rings is 1. The number of sulfonamides is 1. The summed E-state index contributed by atoms with van der Waals surface area (Å²) in [4.78, 5) is 0. The third-order valence-electron chi connectivity index (χ3n) is 2.96. The van der Waals surface area contributed by atoms with Gasteiger partial charge in [0.05, 0.1) is 3.79 Å². The van der Waals surface area contributed by atoms with Crippen LogP contribution in [0.1, 0.15) is 12.0 Å². The quantitative estimate of drug-likeness (QED) is 0.739. The van der Waals surface area contributed by atoms with Crippen LogP contribution in [0.2, 0.25) is 0 Å². The highest BCUT2D eigenvalue weighted by Crippen LogP contribution is 2.29. The largest absolute Gasteiger partial charge is 0.330 e. The van der Waals surface area contributed by atoms with Gasteiger partial charge in [-0.25, -0.2) is 8.42 Å². The normalized spacial score (nSPS) is 11.4. The monoisotopic (exact) mass is 424 g/mol. The number of hydrogen-bond acceptors (Lipinski definition) is 4. The molecule has 2 rings (SSSR count). The van der Waals surface area contributed by atoms with Gasteiger partial charge in [0, 0.05) is 13.1 Å². The van der Waals surface area contributed by atoms with Crippen LogP contribution in [0.15, 0.2) is 50.5 Å². The van der Waals surface area contributed by atoms with Gasteiger partial charge in [0.1, 0.15) is 4.21 Å². The first kappa shape index (κ1) is 19.6. The number of hydrogen-bond donors (Lipinski definition) is 1. The predicted molar refractivity (Wildman–Crippen MR) is 97.0 cm³/mol. The van der Waals surface area contributed by atoms with Gasteiger partial charge in [-0.05, 0) is 46.6 Å². The van der Waals surface area contributed by atoms with E-state index in [1.54, 1.807) is 12.1 Å². The number of halogens is 2. The molecule has 2 N–H and O–H groups in total. The molecule has 0 spiro atoms. The fourth-order valence-corrected chi connectivity index (χ4v) is 5.53. The summed E-state index contributed by atoms with van der Waals surface area (Å²) in [5, 5.41) is 0. The Hall–Kier alpha value is -0.440. The van der Waals surface area contributed by atoms with E-state index in [0.717, 1.165) is 9.35 Å². The van der Waals surface area contributed by atoms with Crippen molar-refractivity contribution in [3.63, 3.8) is 0 Å². The third kappa shape index (κ3) is 5.04. The molecular formula is C14H18BrClN2O2S2. The van der Waals surface area contributed by atoms with Crippen molar-refractivity contribution in [2.75, 3.05) is 13.1 Å². The smallest absolute Gasteiger partial charge is 0.252 e. The Kier molecular flexibility index (Phi) is 8.02. The fraction of sp³-hybridized carbons (Fsp3) is 0.286. The topological polar surface area (TPSA) is 63.4 Å². The van der Waals surface area contributed by atoms with E-state index in [9.17, 15) is 8.42 Å². The van der Waals surface area contributed by atoms with Crippen LogP contribution < -0.4 is 5.73 Å². The molecule has 0 aliphatic rings. The zero-order valence-electron chi connectivity index (χ0n) is 11.8. The lowest BCUT2D eigenvalue weighted by Crippen LogP contribution is -2.32. The SMILES string of the molecule is Cl.NCCCN(Cc1ccccc1)S(=O)(=O)c1ccc(Br)s1. The molecular weight excluding hydrogens is 408 g/mol. The predicted octanol–water partition coefficient (Wildman–Crippen LogP) is 3.47. The number of nitrogens with zero attached hydrogens (tertiary/aromatic N) is 1. The van der Waals surface area contributed by atoms with E-state index in [1.807, 2.05) is 30.3 Å². The molecule has 122 valence electrons. The van der Waals surface area contributed by atoms with Gasteiger partial charge in [0.25, 0.3) is 10.0 Å². The number of nitrogens with two attached hydrogens (primary N) is 1.